The number of rotatable bonds is 0. The van der Waals surface area contributed by atoms with Crippen LogP contribution in [0.3, 0.4) is 0 Å². The molecule has 17 heavy (non-hydrogen) atoms. The Labute approximate surface area is 99.4 Å². The third-order valence-corrected chi connectivity index (χ3v) is 3.60. The lowest BCUT2D eigenvalue weighted by Crippen LogP contribution is -2.42. The third kappa shape index (κ3) is 0.954. The summed E-state index contributed by atoms with van der Waals surface area (Å²) in [5.74, 6) is 0. The lowest BCUT2D eigenvalue weighted by Gasteiger charge is -2.34. The highest BCUT2D eigenvalue weighted by Gasteiger charge is 2.44. The van der Waals surface area contributed by atoms with Crippen LogP contribution in [0.15, 0.2) is 64.9 Å². The molecule has 1 aromatic carbocycles. The molecule has 2 heteroatoms. The first kappa shape index (κ1) is 8.88. The van der Waals surface area contributed by atoms with Gasteiger partial charge in [-0.15, -0.1) is 0 Å². The van der Waals surface area contributed by atoms with Crippen LogP contribution < -0.4 is 0 Å². The van der Waals surface area contributed by atoms with E-state index in [1.165, 1.54) is 11.1 Å². The minimum atomic E-state index is -0.236. The van der Waals surface area contributed by atoms with E-state index in [9.17, 15) is 0 Å². The molecular weight excluding hydrogens is 208 g/mol. The molecule has 0 aromatic heterocycles. The van der Waals surface area contributed by atoms with Gasteiger partial charge in [-0.25, -0.2) is 0 Å². The number of nitrogens with zero attached hydrogens (tertiary/aromatic N) is 2. The van der Waals surface area contributed by atoms with Crippen molar-refractivity contribution in [1.29, 1.82) is 0 Å². The molecule has 1 spiro atoms. The fourth-order valence-electron chi connectivity index (χ4n) is 2.81. The van der Waals surface area contributed by atoms with Crippen LogP contribution in [0.2, 0.25) is 0 Å². The summed E-state index contributed by atoms with van der Waals surface area (Å²) in [6.45, 7) is 0. The number of benzene rings is 1. The summed E-state index contributed by atoms with van der Waals surface area (Å²) >= 11 is 0. The molecule has 80 valence electrons. The number of fused-ring (bicyclic) bond motifs is 1. The summed E-state index contributed by atoms with van der Waals surface area (Å²) in [6.07, 6.45) is 12.1. The molecule has 2 heterocycles. The molecule has 1 aromatic rings. The average Bonchev–Trinajstić information content (AvgIpc) is 2.81. The van der Waals surface area contributed by atoms with Crippen molar-refractivity contribution < 1.29 is 0 Å². The molecule has 2 aliphatic heterocycles. The fraction of sp³-hybridized carbons (Fsp3) is 0.0667. The maximum atomic E-state index is 4.50. The Bertz CT molecular complexity index is 659. The van der Waals surface area contributed by atoms with Crippen LogP contribution in [0.4, 0.5) is 0 Å². The number of hydrogen-bond acceptors (Lipinski definition) is 2. The number of hydrogen-bond donors (Lipinski definition) is 0. The summed E-state index contributed by atoms with van der Waals surface area (Å²) in [4.78, 5) is 8.97. The molecular formula is C15H10N2. The van der Waals surface area contributed by atoms with Crippen molar-refractivity contribution in [3.05, 3.63) is 66.0 Å². The van der Waals surface area contributed by atoms with E-state index >= 15 is 0 Å². The lowest BCUT2D eigenvalue weighted by molar-refractivity contribution is 0.974. The summed E-state index contributed by atoms with van der Waals surface area (Å²) in [5, 5.41) is 0. The van der Waals surface area contributed by atoms with Crippen molar-refractivity contribution in [2.75, 3.05) is 0 Å². The highest BCUT2D eigenvalue weighted by molar-refractivity contribution is 6.30. The molecule has 0 amide bonds. The first-order valence-electron chi connectivity index (χ1n) is 5.70. The second-order valence-corrected chi connectivity index (χ2v) is 4.39. The zero-order chi connectivity index (χ0) is 11.3. The average molecular weight is 218 g/mol. The summed E-state index contributed by atoms with van der Waals surface area (Å²) in [5.41, 5.74) is 4.42. The highest BCUT2D eigenvalue weighted by atomic mass is 14.8. The van der Waals surface area contributed by atoms with E-state index in [0.717, 1.165) is 11.4 Å². The predicted molar refractivity (Wildman–Crippen MR) is 70.3 cm³/mol. The van der Waals surface area contributed by atoms with Crippen LogP contribution >= 0.6 is 0 Å². The molecule has 1 unspecified atom stereocenters. The van der Waals surface area contributed by atoms with E-state index in [4.69, 9.17) is 0 Å². The summed E-state index contributed by atoms with van der Waals surface area (Å²) in [7, 11) is 0. The second kappa shape index (κ2) is 2.92. The van der Waals surface area contributed by atoms with Crippen molar-refractivity contribution in [3.8, 4) is 0 Å². The highest BCUT2D eigenvalue weighted by Crippen LogP contribution is 2.41. The van der Waals surface area contributed by atoms with E-state index in [1.54, 1.807) is 0 Å². The van der Waals surface area contributed by atoms with Crippen LogP contribution in [0.5, 0.6) is 0 Å². The largest absolute Gasteiger partial charge is 0.260 e. The first-order chi connectivity index (χ1) is 8.41. The standard InChI is InChI=1S/C15H10N2/c1-2-4-12-11(3-1)5-6-13-15(12)8-10-17-14(15)7-9-16-13/h1-10H. The maximum Gasteiger partial charge on any atom is 0.1000 e. The minimum absolute atomic E-state index is 0.236. The van der Waals surface area contributed by atoms with Gasteiger partial charge in [0.1, 0.15) is 0 Å². The van der Waals surface area contributed by atoms with Crippen LogP contribution in [0.1, 0.15) is 11.1 Å². The minimum Gasteiger partial charge on any atom is -0.260 e. The SMILES string of the molecule is C1=CC2=NC=CC23C(=N1)C=Cc1ccccc13. The molecule has 1 aliphatic carbocycles. The summed E-state index contributed by atoms with van der Waals surface area (Å²) < 4.78 is 0. The van der Waals surface area contributed by atoms with Gasteiger partial charge in [0.05, 0.1) is 16.8 Å². The van der Waals surface area contributed by atoms with Gasteiger partial charge in [0.2, 0.25) is 0 Å². The van der Waals surface area contributed by atoms with Gasteiger partial charge in [0, 0.05) is 12.4 Å². The van der Waals surface area contributed by atoms with Gasteiger partial charge in [-0.1, -0.05) is 30.3 Å². The topological polar surface area (TPSA) is 24.7 Å². The normalized spacial score (nSPS) is 27.1. The van der Waals surface area contributed by atoms with Crippen molar-refractivity contribution in [3.63, 3.8) is 0 Å². The second-order valence-electron chi connectivity index (χ2n) is 4.39. The monoisotopic (exact) mass is 218 g/mol. The molecule has 0 saturated carbocycles. The number of allylic oxidation sites excluding steroid dienone is 3. The Hall–Kier alpha value is -2.22. The molecule has 2 nitrogen and oxygen atoms in total. The smallest absolute Gasteiger partial charge is 0.1000 e. The van der Waals surface area contributed by atoms with Crippen molar-refractivity contribution >= 4 is 17.5 Å². The first-order valence-corrected chi connectivity index (χ1v) is 5.70. The molecule has 0 saturated heterocycles. The zero-order valence-corrected chi connectivity index (χ0v) is 9.17. The van der Waals surface area contributed by atoms with Gasteiger partial charge in [0.25, 0.3) is 0 Å². The molecule has 0 bridgehead atoms. The van der Waals surface area contributed by atoms with E-state index in [-0.39, 0.29) is 5.41 Å². The molecule has 1 atom stereocenters. The Kier molecular flexibility index (Phi) is 1.52. The van der Waals surface area contributed by atoms with Gasteiger partial charge >= 0.3 is 0 Å². The van der Waals surface area contributed by atoms with E-state index in [0.29, 0.717) is 0 Å². The lowest BCUT2D eigenvalue weighted by atomic mass is 9.68. The summed E-state index contributed by atoms with van der Waals surface area (Å²) in [6, 6.07) is 8.45. The molecule has 4 rings (SSSR count). The fourth-order valence-corrected chi connectivity index (χ4v) is 2.81. The van der Waals surface area contributed by atoms with Crippen LogP contribution in [0, 0.1) is 0 Å². The van der Waals surface area contributed by atoms with Crippen LogP contribution in [-0.4, -0.2) is 11.4 Å². The van der Waals surface area contributed by atoms with E-state index in [1.807, 2.05) is 18.5 Å². The van der Waals surface area contributed by atoms with Gasteiger partial charge in [-0.05, 0) is 29.4 Å². The van der Waals surface area contributed by atoms with Crippen molar-refractivity contribution in [2.24, 2.45) is 9.98 Å². The van der Waals surface area contributed by atoms with Gasteiger partial charge in [0.15, 0.2) is 0 Å². The Morgan fingerprint density at radius 1 is 0.824 bits per heavy atom. The van der Waals surface area contributed by atoms with E-state index < -0.39 is 0 Å². The molecule has 0 N–H and O–H groups in total. The van der Waals surface area contributed by atoms with Gasteiger partial charge < -0.3 is 0 Å². The molecule has 0 fully saturated rings. The Morgan fingerprint density at radius 3 is 2.65 bits per heavy atom. The zero-order valence-electron chi connectivity index (χ0n) is 9.17. The maximum absolute atomic E-state index is 4.50. The van der Waals surface area contributed by atoms with Crippen LogP contribution in [-0.2, 0) is 5.41 Å². The van der Waals surface area contributed by atoms with Crippen molar-refractivity contribution in [1.82, 2.24) is 0 Å². The van der Waals surface area contributed by atoms with E-state index in [2.05, 4.69) is 52.5 Å². The van der Waals surface area contributed by atoms with Gasteiger partial charge in [-0.3, -0.25) is 9.98 Å². The predicted octanol–water partition coefficient (Wildman–Crippen LogP) is 2.89. The van der Waals surface area contributed by atoms with Gasteiger partial charge in [-0.2, -0.15) is 0 Å². The van der Waals surface area contributed by atoms with Crippen LogP contribution in [0.25, 0.3) is 6.08 Å². The molecule has 0 radical (unpaired) electrons. The number of aliphatic imine (C=N–C) groups is 2. The van der Waals surface area contributed by atoms with Crippen molar-refractivity contribution in [2.45, 2.75) is 5.41 Å². The Balaban J connectivity index is 2.11. The Morgan fingerprint density at radius 2 is 1.65 bits per heavy atom. The third-order valence-electron chi connectivity index (χ3n) is 3.60. The quantitative estimate of drug-likeness (QED) is 0.639. The molecule has 3 aliphatic rings.